The van der Waals surface area contributed by atoms with Crippen LogP contribution >= 0.6 is 0 Å². The zero-order valence-electron chi connectivity index (χ0n) is 11.5. The van der Waals surface area contributed by atoms with Gasteiger partial charge >= 0.3 is 0 Å². The Labute approximate surface area is 117 Å². The first-order valence-electron chi connectivity index (χ1n) is 6.80. The molecule has 1 aliphatic rings. The number of ether oxygens (including phenoxy) is 1. The molecular weight excluding hydrogens is 256 g/mol. The summed E-state index contributed by atoms with van der Waals surface area (Å²) in [5, 5.41) is 4.01. The molecule has 0 aromatic carbocycles. The Morgan fingerprint density at radius 1 is 1.35 bits per heavy atom. The lowest BCUT2D eigenvalue weighted by molar-refractivity contribution is 0.169. The summed E-state index contributed by atoms with van der Waals surface area (Å²) < 4.78 is 10.7. The fourth-order valence-electron chi connectivity index (χ4n) is 2.40. The van der Waals surface area contributed by atoms with Crippen LogP contribution in [0, 0.1) is 5.92 Å². The summed E-state index contributed by atoms with van der Waals surface area (Å²) in [4.78, 5) is 10.6. The summed E-state index contributed by atoms with van der Waals surface area (Å²) >= 11 is 0. The van der Waals surface area contributed by atoms with E-state index in [-0.39, 0.29) is 0 Å². The van der Waals surface area contributed by atoms with Gasteiger partial charge in [0.25, 0.3) is 0 Å². The number of aromatic nitrogens is 3. The van der Waals surface area contributed by atoms with Crippen LogP contribution in [0.2, 0.25) is 0 Å². The molecule has 2 aromatic heterocycles. The van der Waals surface area contributed by atoms with E-state index in [2.05, 4.69) is 27.1 Å². The largest absolute Gasteiger partial charge is 0.381 e. The first-order chi connectivity index (χ1) is 9.81. The third-order valence-electron chi connectivity index (χ3n) is 3.41. The highest BCUT2D eigenvalue weighted by Crippen LogP contribution is 2.16. The number of hydrogen-bond donors (Lipinski definition) is 0. The highest BCUT2D eigenvalue weighted by Gasteiger charge is 2.18. The van der Waals surface area contributed by atoms with E-state index in [1.54, 1.807) is 12.4 Å². The van der Waals surface area contributed by atoms with Crippen LogP contribution in [0.4, 0.5) is 0 Å². The normalized spacial score (nSPS) is 18.8. The van der Waals surface area contributed by atoms with Crippen LogP contribution in [-0.4, -0.2) is 46.8 Å². The molecule has 0 aliphatic carbocycles. The second-order valence-electron chi connectivity index (χ2n) is 5.17. The maximum absolute atomic E-state index is 5.39. The second-order valence-corrected chi connectivity index (χ2v) is 5.17. The fourth-order valence-corrected chi connectivity index (χ4v) is 2.40. The number of hydrogen-bond acceptors (Lipinski definition) is 6. The van der Waals surface area contributed by atoms with Gasteiger partial charge in [0.2, 0.25) is 11.7 Å². The molecule has 1 saturated heterocycles. The van der Waals surface area contributed by atoms with Crippen molar-refractivity contribution in [1.82, 2.24) is 20.0 Å². The Balaban J connectivity index is 1.59. The van der Waals surface area contributed by atoms with Gasteiger partial charge in [0.15, 0.2) is 0 Å². The highest BCUT2D eigenvalue weighted by atomic mass is 16.5. The molecule has 1 fully saturated rings. The van der Waals surface area contributed by atoms with E-state index in [1.165, 1.54) is 0 Å². The van der Waals surface area contributed by atoms with Crippen LogP contribution in [0.3, 0.4) is 0 Å². The van der Waals surface area contributed by atoms with E-state index in [0.29, 0.717) is 24.2 Å². The number of rotatable bonds is 5. The van der Waals surface area contributed by atoms with Gasteiger partial charge in [0.1, 0.15) is 0 Å². The van der Waals surface area contributed by atoms with Gasteiger partial charge in [-0.05, 0) is 31.5 Å². The summed E-state index contributed by atoms with van der Waals surface area (Å²) in [6.45, 7) is 3.39. The van der Waals surface area contributed by atoms with E-state index in [1.807, 2.05) is 12.1 Å². The van der Waals surface area contributed by atoms with Crippen molar-refractivity contribution in [2.45, 2.75) is 13.0 Å². The molecule has 0 unspecified atom stereocenters. The first-order valence-corrected chi connectivity index (χ1v) is 6.80. The average Bonchev–Trinajstić information content (AvgIpc) is 3.11. The Morgan fingerprint density at radius 3 is 2.95 bits per heavy atom. The minimum absolute atomic E-state index is 0.611. The number of pyridine rings is 1. The van der Waals surface area contributed by atoms with Crippen LogP contribution in [0.15, 0.2) is 29.0 Å². The molecule has 0 bridgehead atoms. The molecule has 0 amide bonds. The van der Waals surface area contributed by atoms with Gasteiger partial charge in [-0.2, -0.15) is 4.98 Å². The summed E-state index contributed by atoms with van der Waals surface area (Å²) in [5.74, 6) is 1.86. The van der Waals surface area contributed by atoms with Crippen molar-refractivity contribution in [2.75, 3.05) is 26.8 Å². The maximum atomic E-state index is 5.39. The summed E-state index contributed by atoms with van der Waals surface area (Å²) in [6.07, 6.45) is 4.58. The van der Waals surface area contributed by atoms with Crippen LogP contribution in [0.1, 0.15) is 12.3 Å². The monoisotopic (exact) mass is 274 g/mol. The molecule has 0 N–H and O–H groups in total. The molecule has 6 nitrogen and oxygen atoms in total. The topological polar surface area (TPSA) is 64.3 Å². The van der Waals surface area contributed by atoms with Gasteiger partial charge in [-0.15, -0.1) is 0 Å². The van der Waals surface area contributed by atoms with Crippen LogP contribution in [0.5, 0.6) is 0 Å². The maximum Gasteiger partial charge on any atom is 0.241 e. The summed E-state index contributed by atoms with van der Waals surface area (Å²) in [6, 6.07) is 3.74. The van der Waals surface area contributed by atoms with Gasteiger partial charge in [-0.3, -0.25) is 9.88 Å². The molecule has 6 heteroatoms. The third-order valence-corrected chi connectivity index (χ3v) is 3.41. The van der Waals surface area contributed by atoms with Crippen molar-refractivity contribution in [2.24, 2.45) is 5.92 Å². The predicted molar refractivity (Wildman–Crippen MR) is 72.8 cm³/mol. The van der Waals surface area contributed by atoms with E-state index in [4.69, 9.17) is 9.26 Å². The van der Waals surface area contributed by atoms with E-state index in [9.17, 15) is 0 Å². The highest BCUT2D eigenvalue weighted by molar-refractivity contribution is 5.52. The van der Waals surface area contributed by atoms with Gasteiger partial charge in [0, 0.05) is 31.1 Å². The minimum atomic E-state index is 0.611. The van der Waals surface area contributed by atoms with Crippen molar-refractivity contribution in [1.29, 1.82) is 0 Å². The van der Waals surface area contributed by atoms with Crippen LogP contribution < -0.4 is 0 Å². The van der Waals surface area contributed by atoms with Crippen molar-refractivity contribution in [3.8, 4) is 11.4 Å². The molecule has 0 spiro atoms. The predicted octanol–water partition coefficient (Wildman–Crippen LogP) is 1.60. The Kier molecular flexibility index (Phi) is 4.03. The third kappa shape index (κ3) is 3.20. The minimum Gasteiger partial charge on any atom is -0.381 e. The molecule has 0 saturated carbocycles. The molecule has 3 heterocycles. The lowest BCUT2D eigenvalue weighted by Gasteiger charge is -2.17. The van der Waals surface area contributed by atoms with E-state index < -0.39 is 0 Å². The first kappa shape index (κ1) is 13.2. The van der Waals surface area contributed by atoms with Gasteiger partial charge in [0.05, 0.1) is 13.2 Å². The Bertz CT molecular complexity index is 537. The number of nitrogens with zero attached hydrogens (tertiary/aromatic N) is 4. The molecule has 0 radical (unpaired) electrons. The standard InChI is InChI=1S/C14H18N4O2/c1-18(8-11-4-7-19-10-11)9-13-16-14(17-20-13)12-2-5-15-6-3-12/h2-3,5-6,11H,4,7-10H2,1H3/t11-/m1/s1. The zero-order chi connectivity index (χ0) is 13.8. The molecule has 106 valence electrons. The molecule has 20 heavy (non-hydrogen) atoms. The Morgan fingerprint density at radius 2 is 2.20 bits per heavy atom. The second kappa shape index (κ2) is 6.11. The van der Waals surface area contributed by atoms with E-state index in [0.717, 1.165) is 31.7 Å². The Hall–Kier alpha value is -1.79. The zero-order valence-corrected chi connectivity index (χ0v) is 11.5. The van der Waals surface area contributed by atoms with Crippen molar-refractivity contribution in [3.05, 3.63) is 30.4 Å². The molecular formula is C14H18N4O2. The molecule has 1 aliphatic heterocycles. The molecule has 2 aromatic rings. The van der Waals surface area contributed by atoms with Crippen LogP contribution in [0.25, 0.3) is 11.4 Å². The smallest absolute Gasteiger partial charge is 0.241 e. The van der Waals surface area contributed by atoms with Crippen LogP contribution in [-0.2, 0) is 11.3 Å². The average molecular weight is 274 g/mol. The van der Waals surface area contributed by atoms with Gasteiger partial charge in [-0.1, -0.05) is 5.16 Å². The lowest BCUT2D eigenvalue weighted by atomic mass is 10.1. The fraction of sp³-hybridized carbons (Fsp3) is 0.500. The SMILES string of the molecule is CN(Cc1nc(-c2ccncc2)no1)C[C@H]1CCOC1. The lowest BCUT2D eigenvalue weighted by Crippen LogP contribution is -2.25. The van der Waals surface area contributed by atoms with Crippen molar-refractivity contribution >= 4 is 0 Å². The summed E-state index contributed by atoms with van der Waals surface area (Å²) in [7, 11) is 2.06. The van der Waals surface area contributed by atoms with Gasteiger partial charge in [-0.25, -0.2) is 0 Å². The van der Waals surface area contributed by atoms with E-state index >= 15 is 0 Å². The molecule has 3 rings (SSSR count). The molecule has 1 atom stereocenters. The van der Waals surface area contributed by atoms with Crippen molar-refractivity contribution < 1.29 is 9.26 Å². The van der Waals surface area contributed by atoms with Gasteiger partial charge < -0.3 is 9.26 Å². The van der Waals surface area contributed by atoms with Crippen molar-refractivity contribution in [3.63, 3.8) is 0 Å². The summed E-state index contributed by atoms with van der Waals surface area (Å²) in [5.41, 5.74) is 0.918. The quantitative estimate of drug-likeness (QED) is 0.825.